The van der Waals surface area contributed by atoms with E-state index in [4.69, 9.17) is 5.73 Å². The van der Waals surface area contributed by atoms with Gasteiger partial charge in [-0.05, 0) is 38.8 Å². The van der Waals surface area contributed by atoms with Crippen LogP contribution < -0.4 is 10.5 Å². The Balaban J connectivity index is 2.00. The predicted octanol–water partition coefficient (Wildman–Crippen LogP) is -0.653. The molecule has 6 heteroatoms. The minimum Gasteiger partial charge on any atom is -0.329 e. The van der Waals surface area contributed by atoms with E-state index in [0.717, 1.165) is 32.5 Å². The number of nitrogens with two attached hydrogens (primary N) is 1. The van der Waals surface area contributed by atoms with Gasteiger partial charge in [0.15, 0.2) is 0 Å². The van der Waals surface area contributed by atoms with E-state index in [9.17, 15) is 8.42 Å². The van der Waals surface area contributed by atoms with Gasteiger partial charge >= 0.3 is 0 Å². The molecule has 2 bridgehead atoms. The molecule has 3 aliphatic rings. The first-order valence-corrected chi connectivity index (χ1v) is 7.51. The Morgan fingerprint density at radius 2 is 2.06 bits per heavy atom. The Hall–Kier alpha value is -0.170. The fourth-order valence-corrected chi connectivity index (χ4v) is 3.73. The number of nitrogens with zero attached hydrogens (tertiary/aromatic N) is 1. The fraction of sp³-hybridized carbons (Fsp3) is 1.00. The van der Waals surface area contributed by atoms with Crippen molar-refractivity contribution in [2.24, 2.45) is 11.7 Å². The van der Waals surface area contributed by atoms with Gasteiger partial charge in [-0.1, -0.05) is 0 Å². The zero-order valence-electron chi connectivity index (χ0n) is 9.72. The third-order valence-corrected chi connectivity index (χ3v) is 5.72. The van der Waals surface area contributed by atoms with Crippen LogP contribution in [0.15, 0.2) is 0 Å². The maximum absolute atomic E-state index is 11.9. The molecule has 3 fully saturated rings. The molecule has 0 amide bonds. The zero-order chi connectivity index (χ0) is 11.8. The van der Waals surface area contributed by atoms with Gasteiger partial charge in [0.25, 0.3) is 0 Å². The van der Waals surface area contributed by atoms with Gasteiger partial charge in [-0.2, -0.15) is 0 Å². The predicted molar refractivity (Wildman–Crippen MR) is 63.5 cm³/mol. The summed E-state index contributed by atoms with van der Waals surface area (Å²) < 4.78 is 26.6. The van der Waals surface area contributed by atoms with Crippen LogP contribution in [0, 0.1) is 5.92 Å². The molecule has 2 atom stereocenters. The van der Waals surface area contributed by atoms with E-state index in [2.05, 4.69) is 9.62 Å². The Labute approximate surface area is 97.4 Å². The molecule has 3 aliphatic heterocycles. The SMILES string of the molecule is CC(CN)S(=O)(=O)NC1CN2CCC1CC2. The number of sulfonamides is 1. The molecule has 0 radical (unpaired) electrons. The second kappa shape index (κ2) is 4.60. The highest BCUT2D eigenvalue weighted by atomic mass is 32.2. The molecular weight excluding hydrogens is 226 g/mol. The van der Waals surface area contributed by atoms with E-state index in [0.29, 0.717) is 5.92 Å². The molecular formula is C10H21N3O2S. The first kappa shape index (κ1) is 12.3. The highest BCUT2D eigenvalue weighted by Gasteiger charge is 2.37. The number of fused-ring (bicyclic) bond motifs is 3. The summed E-state index contributed by atoms with van der Waals surface area (Å²) in [4.78, 5) is 2.33. The quantitative estimate of drug-likeness (QED) is 0.692. The molecule has 3 heterocycles. The van der Waals surface area contributed by atoms with Gasteiger partial charge < -0.3 is 10.6 Å². The second-order valence-corrected chi connectivity index (χ2v) is 7.08. The lowest BCUT2D eigenvalue weighted by molar-refractivity contribution is 0.0826. The zero-order valence-corrected chi connectivity index (χ0v) is 10.5. The van der Waals surface area contributed by atoms with Crippen LogP contribution in [0.5, 0.6) is 0 Å². The van der Waals surface area contributed by atoms with Crippen LogP contribution in [0.3, 0.4) is 0 Å². The van der Waals surface area contributed by atoms with E-state index >= 15 is 0 Å². The van der Waals surface area contributed by atoms with Gasteiger partial charge in [0.1, 0.15) is 0 Å². The fourth-order valence-electron chi connectivity index (χ4n) is 2.55. The maximum Gasteiger partial charge on any atom is 0.215 e. The van der Waals surface area contributed by atoms with Crippen LogP contribution in [-0.2, 0) is 10.0 Å². The van der Waals surface area contributed by atoms with Gasteiger partial charge in [-0.3, -0.25) is 0 Å². The summed E-state index contributed by atoms with van der Waals surface area (Å²) in [6.07, 6.45) is 2.23. The Bertz CT molecular complexity index is 336. The van der Waals surface area contributed by atoms with E-state index in [1.807, 2.05) is 0 Å². The average molecular weight is 247 g/mol. The molecule has 5 nitrogen and oxygen atoms in total. The lowest BCUT2D eigenvalue weighted by Gasteiger charge is -2.45. The molecule has 3 rings (SSSR count). The first-order chi connectivity index (χ1) is 7.53. The standard InChI is InChI=1S/C10H21N3O2S/c1-8(6-11)16(14,15)12-10-7-13-4-2-9(10)3-5-13/h8-10,12H,2-7,11H2,1H3. The molecule has 16 heavy (non-hydrogen) atoms. The number of hydrogen-bond donors (Lipinski definition) is 2. The van der Waals surface area contributed by atoms with E-state index < -0.39 is 15.3 Å². The van der Waals surface area contributed by atoms with Gasteiger partial charge in [-0.15, -0.1) is 0 Å². The number of piperidine rings is 3. The van der Waals surface area contributed by atoms with Crippen molar-refractivity contribution in [1.82, 2.24) is 9.62 Å². The smallest absolute Gasteiger partial charge is 0.215 e. The van der Waals surface area contributed by atoms with Crippen molar-refractivity contribution in [3.8, 4) is 0 Å². The topological polar surface area (TPSA) is 75.4 Å². The van der Waals surface area contributed by atoms with Crippen molar-refractivity contribution >= 4 is 10.0 Å². The Morgan fingerprint density at radius 3 is 2.50 bits per heavy atom. The van der Waals surface area contributed by atoms with E-state index in [1.54, 1.807) is 6.92 Å². The lowest BCUT2D eigenvalue weighted by Crippen LogP contribution is -2.58. The summed E-state index contributed by atoms with van der Waals surface area (Å²) in [5.74, 6) is 0.518. The van der Waals surface area contributed by atoms with E-state index in [1.165, 1.54) is 0 Å². The minimum atomic E-state index is -3.23. The monoisotopic (exact) mass is 247 g/mol. The summed E-state index contributed by atoms with van der Waals surface area (Å²) >= 11 is 0. The van der Waals surface area contributed by atoms with Gasteiger partial charge in [0.05, 0.1) is 5.25 Å². The molecule has 2 unspecified atom stereocenters. The molecule has 0 aliphatic carbocycles. The number of hydrogen-bond acceptors (Lipinski definition) is 4. The lowest BCUT2D eigenvalue weighted by atomic mass is 9.85. The molecule has 0 spiro atoms. The van der Waals surface area contributed by atoms with E-state index in [-0.39, 0.29) is 12.6 Å². The Kier molecular flexibility index (Phi) is 3.53. The van der Waals surface area contributed by atoms with Crippen LogP contribution in [0.25, 0.3) is 0 Å². The van der Waals surface area contributed by atoms with Crippen LogP contribution in [-0.4, -0.2) is 50.8 Å². The summed E-state index contributed by atoms with van der Waals surface area (Å²) in [6, 6.07) is 0.0986. The minimum absolute atomic E-state index is 0.0986. The largest absolute Gasteiger partial charge is 0.329 e. The molecule has 94 valence electrons. The number of rotatable bonds is 4. The van der Waals surface area contributed by atoms with Crippen molar-refractivity contribution in [1.29, 1.82) is 0 Å². The normalized spacial score (nSPS) is 36.2. The van der Waals surface area contributed by atoms with Crippen LogP contribution in [0.4, 0.5) is 0 Å². The van der Waals surface area contributed by atoms with Crippen molar-refractivity contribution < 1.29 is 8.42 Å². The van der Waals surface area contributed by atoms with Crippen molar-refractivity contribution in [3.05, 3.63) is 0 Å². The van der Waals surface area contributed by atoms with Crippen LogP contribution >= 0.6 is 0 Å². The summed E-state index contributed by atoms with van der Waals surface area (Å²) in [7, 11) is -3.23. The molecule has 0 aromatic heterocycles. The van der Waals surface area contributed by atoms with Crippen LogP contribution in [0.1, 0.15) is 19.8 Å². The third kappa shape index (κ3) is 2.40. The second-order valence-electron chi connectivity index (χ2n) is 4.95. The highest BCUT2D eigenvalue weighted by Crippen LogP contribution is 2.28. The van der Waals surface area contributed by atoms with Gasteiger partial charge in [0.2, 0.25) is 10.0 Å². The van der Waals surface area contributed by atoms with Crippen molar-refractivity contribution in [2.75, 3.05) is 26.2 Å². The van der Waals surface area contributed by atoms with Crippen molar-refractivity contribution in [2.45, 2.75) is 31.1 Å². The summed E-state index contributed by atoms with van der Waals surface area (Å²) in [6.45, 7) is 4.94. The van der Waals surface area contributed by atoms with Crippen molar-refractivity contribution in [3.63, 3.8) is 0 Å². The van der Waals surface area contributed by atoms with Gasteiger partial charge in [-0.25, -0.2) is 13.1 Å². The number of nitrogens with one attached hydrogen (secondary N) is 1. The molecule has 0 aromatic rings. The average Bonchev–Trinajstić information content (AvgIpc) is 2.29. The molecule has 0 aromatic carbocycles. The molecule has 3 saturated heterocycles. The van der Waals surface area contributed by atoms with Crippen LogP contribution in [0.2, 0.25) is 0 Å². The maximum atomic E-state index is 11.9. The summed E-state index contributed by atoms with van der Waals surface area (Å²) in [5, 5.41) is -0.497. The van der Waals surface area contributed by atoms with Gasteiger partial charge in [0, 0.05) is 19.1 Å². The molecule has 3 N–H and O–H groups in total. The Morgan fingerprint density at radius 1 is 1.44 bits per heavy atom. The summed E-state index contributed by atoms with van der Waals surface area (Å²) in [5.41, 5.74) is 5.41. The molecule has 0 saturated carbocycles. The highest BCUT2D eigenvalue weighted by molar-refractivity contribution is 7.90. The third-order valence-electron chi connectivity index (χ3n) is 3.83. The first-order valence-electron chi connectivity index (χ1n) is 5.96.